The summed E-state index contributed by atoms with van der Waals surface area (Å²) in [4.78, 5) is 21.6. The number of rotatable bonds is 6. The number of halogens is 3. The summed E-state index contributed by atoms with van der Waals surface area (Å²) in [6, 6.07) is 2.16. The van der Waals surface area contributed by atoms with Crippen LogP contribution < -0.4 is 10.1 Å². The molecule has 1 saturated carbocycles. The molecule has 1 aromatic carbocycles. The summed E-state index contributed by atoms with van der Waals surface area (Å²) in [5, 5.41) is 2.98. The smallest absolute Gasteiger partial charge is 0.387 e. The van der Waals surface area contributed by atoms with E-state index in [0.717, 1.165) is 32.0 Å². The van der Waals surface area contributed by atoms with Crippen LogP contribution in [0, 0.1) is 17.2 Å². The van der Waals surface area contributed by atoms with Gasteiger partial charge in [0, 0.05) is 31.1 Å². The topological polar surface area (TPSA) is 70.2 Å². The number of H-pyrrole nitrogens is 1. The summed E-state index contributed by atoms with van der Waals surface area (Å²) >= 11 is 0. The minimum absolute atomic E-state index is 0.0459. The van der Waals surface area contributed by atoms with Crippen molar-refractivity contribution in [2.45, 2.75) is 52.2 Å². The molecular weight excluding hydrogens is 397 g/mol. The first kappa shape index (κ1) is 21.0. The number of alkyl halides is 2. The molecule has 1 aromatic heterocycles. The van der Waals surface area contributed by atoms with Crippen molar-refractivity contribution in [2.24, 2.45) is 11.3 Å². The molecule has 2 aromatic rings. The maximum atomic E-state index is 13.7. The van der Waals surface area contributed by atoms with Crippen molar-refractivity contribution in [1.29, 1.82) is 0 Å². The first-order valence-electron chi connectivity index (χ1n) is 10.2. The summed E-state index contributed by atoms with van der Waals surface area (Å²) in [5.41, 5.74) is 0.626. The number of imidazole rings is 1. The third-order valence-corrected chi connectivity index (χ3v) is 5.71. The normalized spacial score (nSPS) is 19.2. The molecule has 1 aliphatic heterocycles. The molecule has 2 fully saturated rings. The lowest BCUT2D eigenvalue weighted by atomic mass is 9.57. The second kappa shape index (κ2) is 7.44. The second-order valence-corrected chi connectivity index (χ2v) is 9.78. The number of benzene rings is 1. The van der Waals surface area contributed by atoms with E-state index in [1.54, 1.807) is 0 Å². The van der Waals surface area contributed by atoms with Crippen LogP contribution in [0.25, 0.3) is 11.0 Å². The van der Waals surface area contributed by atoms with E-state index in [1.165, 1.54) is 6.07 Å². The summed E-state index contributed by atoms with van der Waals surface area (Å²) in [5.74, 6) is 0.219. The van der Waals surface area contributed by atoms with Gasteiger partial charge in [0.25, 0.3) is 0 Å². The van der Waals surface area contributed by atoms with Crippen molar-refractivity contribution >= 4 is 16.9 Å². The third kappa shape index (κ3) is 4.55. The van der Waals surface area contributed by atoms with Crippen LogP contribution in [0.5, 0.6) is 5.75 Å². The van der Waals surface area contributed by atoms with Gasteiger partial charge in [0.2, 0.25) is 5.91 Å². The zero-order chi connectivity index (χ0) is 21.7. The Morgan fingerprint density at radius 2 is 2.07 bits per heavy atom. The van der Waals surface area contributed by atoms with Crippen molar-refractivity contribution in [3.63, 3.8) is 0 Å². The Morgan fingerprint density at radius 1 is 1.37 bits per heavy atom. The first-order valence-corrected chi connectivity index (χ1v) is 10.2. The van der Waals surface area contributed by atoms with Crippen molar-refractivity contribution < 1.29 is 22.7 Å². The van der Waals surface area contributed by atoms with Crippen LogP contribution in [-0.4, -0.2) is 52.6 Å². The molecule has 0 radical (unpaired) electrons. The number of hydrogen-bond donors (Lipinski definition) is 2. The third-order valence-electron chi connectivity index (χ3n) is 5.71. The summed E-state index contributed by atoms with van der Waals surface area (Å²) in [6.45, 7) is 5.12. The van der Waals surface area contributed by atoms with Crippen molar-refractivity contribution in [2.75, 3.05) is 19.6 Å². The minimum atomic E-state index is -3.03. The van der Waals surface area contributed by atoms with Gasteiger partial charge in [-0.05, 0) is 51.0 Å². The average Bonchev–Trinajstić information content (AvgIpc) is 2.90. The second-order valence-electron chi connectivity index (χ2n) is 9.78. The van der Waals surface area contributed by atoms with Crippen LogP contribution in [0.1, 0.15) is 39.4 Å². The number of aromatic amines is 1. The number of hydrogen-bond acceptors (Lipinski definition) is 4. The highest BCUT2D eigenvalue weighted by Gasteiger charge is 2.52. The van der Waals surface area contributed by atoms with Gasteiger partial charge in [-0.1, -0.05) is 0 Å². The van der Waals surface area contributed by atoms with Gasteiger partial charge in [-0.25, -0.2) is 9.37 Å². The van der Waals surface area contributed by atoms with E-state index < -0.39 is 12.4 Å². The van der Waals surface area contributed by atoms with Crippen LogP contribution >= 0.6 is 0 Å². The Balaban J connectivity index is 1.30. The maximum Gasteiger partial charge on any atom is 0.387 e. The van der Waals surface area contributed by atoms with Gasteiger partial charge in [-0.3, -0.25) is 9.69 Å². The van der Waals surface area contributed by atoms with Crippen LogP contribution in [-0.2, 0) is 11.2 Å². The van der Waals surface area contributed by atoms with Crippen LogP contribution in [0.3, 0.4) is 0 Å². The highest BCUT2D eigenvalue weighted by atomic mass is 19.3. The van der Waals surface area contributed by atoms with E-state index in [-0.39, 0.29) is 28.1 Å². The van der Waals surface area contributed by atoms with E-state index in [2.05, 4.69) is 24.9 Å². The van der Waals surface area contributed by atoms with Gasteiger partial charge in [0.1, 0.15) is 17.2 Å². The minimum Gasteiger partial charge on any atom is -0.432 e. The lowest BCUT2D eigenvalue weighted by Gasteiger charge is -2.59. The molecule has 6 nitrogen and oxygen atoms in total. The number of amides is 1. The van der Waals surface area contributed by atoms with Crippen LogP contribution in [0.4, 0.5) is 13.2 Å². The van der Waals surface area contributed by atoms with E-state index in [1.807, 2.05) is 20.8 Å². The van der Waals surface area contributed by atoms with E-state index in [9.17, 15) is 18.0 Å². The molecule has 2 aliphatic rings. The zero-order valence-corrected chi connectivity index (χ0v) is 17.4. The molecule has 1 amide bonds. The van der Waals surface area contributed by atoms with Crippen LogP contribution in [0.15, 0.2) is 12.1 Å². The maximum absolute atomic E-state index is 13.7. The van der Waals surface area contributed by atoms with Gasteiger partial charge in [0.05, 0.1) is 12.1 Å². The number of fused-ring (bicyclic) bond motifs is 1. The van der Waals surface area contributed by atoms with Gasteiger partial charge < -0.3 is 15.0 Å². The molecular formula is C21H27F3N4O2. The fraction of sp³-hybridized carbons (Fsp3) is 0.619. The molecule has 0 atom stereocenters. The quantitative estimate of drug-likeness (QED) is 0.745. The zero-order valence-electron chi connectivity index (χ0n) is 17.4. The summed E-state index contributed by atoms with van der Waals surface area (Å²) in [6.07, 6.45) is 2.75. The molecule has 4 rings (SSSR count). The Bertz CT molecular complexity index is 940. The highest BCUT2D eigenvalue weighted by Crippen LogP contribution is 2.52. The highest BCUT2D eigenvalue weighted by molar-refractivity contribution is 5.82. The molecule has 1 spiro atoms. The van der Waals surface area contributed by atoms with E-state index >= 15 is 0 Å². The number of carbonyl (C=O) groups is 1. The SMILES string of the molecule is CC(C)(C)NC(=O)CN1CC2(CC(Cc3nc4c(OC(F)F)cc(F)cc4[nH]3)C2)C1. The Labute approximate surface area is 173 Å². The number of ether oxygens (including phenoxy) is 1. The number of aromatic nitrogens is 2. The number of nitrogens with one attached hydrogen (secondary N) is 2. The fourth-order valence-electron chi connectivity index (χ4n) is 4.90. The number of nitrogens with zero attached hydrogens (tertiary/aromatic N) is 2. The molecule has 1 saturated heterocycles. The van der Waals surface area contributed by atoms with Gasteiger partial charge in [-0.2, -0.15) is 8.78 Å². The Kier molecular flexibility index (Phi) is 5.20. The predicted molar refractivity (Wildman–Crippen MR) is 106 cm³/mol. The fourth-order valence-corrected chi connectivity index (χ4v) is 4.90. The van der Waals surface area contributed by atoms with Gasteiger partial charge >= 0.3 is 6.61 Å². The molecule has 0 bridgehead atoms. The van der Waals surface area contributed by atoms with Crippen molar-refractivity contribution in [3.05, 3.63) is 23.8 Å². The number of likely N-dealkylation sites (tertiary alicyclic amines) is 1. The Morgan fingerprint density at radius 3 is 2.70 bits per heavy atom. The molecule has 9 heteroatoms. The largest absolute Gasteiger partial charge is 0.432 e. The average molecular weight is 424 g/mol. The monoisotopic (exact) mass is 424 g/mol. The molecule has 30 heavy (non-hydrogen) atoms. The molecule has 164 valence electrons. The molecule has 2 heterocycles. The van der Waals surface area contributed by atoms with Crippen molar-refractivity contribution in [3.8, 4) is 5.75 Å². The molecule has 0 unspecified atom stereocenters. The van der Waals surface area contributed by atoms with Crippen LogP contribution in [0.2, 0.25) is 0 Å². The summed E-state index contributed by atoms with van der Waals surface area (Å²) < 4.78 is 43.2. The first-order chi connectivity index (χ1) is 14.0. The molecule has 2 N–H and O–H groups in total. The van der Waals surface area contributed by atoms with Crippen molar-refractivity contribution in [1.82, 2.24) is 20.2 Å². The standard InChI is InChI=1S/C21H27F3N4O2/c1-20(2,3)27-17(29)9-28-10-21(11-28)7-12(8-21)4-16-25-14-5-13(22)6-15(18(14)26-16)30-19(23)24/h5-6,12,19H,4,7-11H2,1-3H3,(H,25,26)(H,27,29). The van der Waals surface area contributed by atoms with Gasteiger partial charge in [0.15, 0.2) is 5.75 Å². The van der Waals surface area contributed by atoms with E-state index in [0.29, 0.717) is 30.2 Å². The van der Waals surface area contributed by atoms with Gasteiger partial charge in [-0.15, -0.1) is 0 Å². The van der Waals surface area contributed by atoms with E-state index in [4.69, 9.17) is 0 Å². The number of carbonyl (C=O) groups excluding carboxylic acids is 1. The predicted octanol–water partition coefficient (Wildman–Crippen LogP) is 3.47. The Hall–Kier alpha value is -2.29. The summed E-state index contributed by atoms with van der Waals surface area (Å²) in [7, 11) is 0. The lowest BCUT2D eigenvalue weighted by molar-refractivity contribution is -0.133. The molecule has 1 aliphatic carbocycles. The lowest BCUT2D eigenvalue weighted by Crippen LogP contribution is -2.64.